The molecule has 0 N–H and O–H groups in total. The highest BCUT2D eigenvalue weighted by Gasteiger charge is 2.28. The van der Waals surface area contributed by atoms with Gasteiger partial charge in [0.2, 0.25) is 0 Å². The molecule has 0 fully saturated rings. The van der Waals surface area contributed by atoms with E-state index in [4.69, 9.17) is 0 Å². The van der Waals surface area contributed by atoms with E-state index >= 15 is 0 Å². The molecule has 0 saturated carbocycles. The summed E-state index contributed by atoms with van der Waals surface area (Å²) in [5, 5.41) is 9.87. The van der Waals surface area contributed by atoms with Gasteiger partial charge in [-0.2, -0.15) is 0 Å². The Morgan fingerprint density at radius 2 is 0.618 bits per heavy atom. The third kappa shape index (κ3) is 8.52. The summed E-state index contributed by atoms with van der Waals surface area (Å²) in [5.41, 5.74) is 15.5. The van der Waals surface area contributed by atoms with Crippen LogP contribution in [0, 0.1) is 0 Å². The first-order valence-corrected chi connectivity index (χ1v) is 27.9. The fourth-order valence-corrected chi connectivity index (χ4v) is 12.6. The molecule has 0 atom stereocenters. The molecule has 3 nitrogen and oxygen atoms in total. The number of benzene rings is 10. The smallest absolute Gasteiger partial charge is 0.0568 e. The van der Waals surface area contributed by atoms with Crippen LogP contribution in [0.2, 0.25) is 0 Å². The normalized spacial score (nSPS) is 12.7. The Bertz CT molecular complexity index is 3830. The molecular weight excluding hydrogens is 939 g/mol. The van der Waals surface area contributed by atoms with Gasteiger partial charge in [0, 0.05) is 70.2 Å². The fourth-order valence-electron chi connectivity index (χ4n) is 11.5. The zero-order valence-corrected chi connectivity index (χ0v) is 47.1. The molecule has 10 aromatic carbocycles. The first-order valence-electron chi connectivity index (χ1n) is 27.1. The number of fused-ring (bicyclic) bond motifs is 10. The Kier molecular flexibility index (Phi) is 11.7. The van der Waals surface area contributed by atoms with Crippen molar-refractivity contribution < 1.29 is 0 Å². The van der Waals surface area contributed by atoms with Gasteiger partial charge in [-0.25, -0.2) is 0 Å². The van der Waals surface area contributed by atoms with Crippen LogP contribution in [0.4, 0.5) is 34.1 Å². The lowest BCUT2D eigenvalue weighted by Gasteiger charge is -2.29. The Balaban J connectivity index is 1.22. The molecule has 0 amide bonds. The predicted octanol–water partition coefficient (Wildman–Crippen LogP) is 21.6. The standard InChI is InChI=1S/C72H69N3S/c1-69(2,3)46-25-33-50(34-26-46)73(51-35-27-47(28-36-51)70(4,5)6)61-44-63-67(58-22-15-13-19-55(58)61)68-59-23-16-14-20-56(59)62(45-64(68)75(63)54-41-42-66-60(43-54)57-21-17-18-24-65(57)76-66)74(52-37-29-48(30-38-52)71(7,8)9)53-39-31-49(32-40-53)72(10,11)12/h13-45H,1-12H3. The van der Waals surface area contributed by atoms with E-state index in [1.807, 2.05) is 11.3 Å². The fraction of sp³-hybridized carbons (Fsp3) is 0.222. The van der Waals surface area contributed by atoms with Crippen LogP contribution in [0.15, 0.2) is 200 Å². The molecule has 4 heteroatoms. The molecule has 0 aliphatic heterocycles. The van der Waals surface area contributed by atoms with E-state index in [9.17, 15) is 0 Å². The van der Waals surface area contributed by atoms with Crippen LogP contribution in [0.25, 0.3) is 69.2 Å². The minimum atomic E-state index is 0.0160. The summed E-state index contributed by atoms with van der Waals surface area (Å²) in [4.78, 5) is 4.98. The van der Waals surface area contributed by atoms with Crippen LogP contribution in [0.1, 0.15) is 105 Å². The predicted molar refractivity (Wildman–Crippen MR) is 333 cm³/mol. The van der Waals surface area contributed by atoms with E-state index in [1.54, 1.807) is 0 Å². The molecule has 0 bridgehead atoms. The van der Waals surface area contributed by atoms with E-state index in [2.05, 4.69) is 298 Å². The Labute approximate surface area is 453 Å². The first-order chi connectivity index (χ1) is 36.2. The summed E-state index contributed by atoms with van der Waals surface area (Å²) >= 11 is 1.87. The average Bonchev–Trinajstić information content (AvgIpc) is 3.95. The van der Waals surface area contributed by atoms with E-state index in [0.717, 1.165) is 50.8 Å². The van der Waals surface area contributed by atoms with Crippen LogP contribution in [0.3, 0.4) is 0 Å². The number of rotatable bonds is 7. The molecule has 0 spiro atoms. The number of aromatic nitrogens is 1. The number of hydrogen-bond acceptors (Lipinski definition) is 3. The summed E-state index contributed by atoms with van der Waals surface area (Å²) in [6.45, 7) is 27.5. The van der Waals surface area contributed by atoms with Crippen LogP contribution in [0.5, 0.6) is 0 Å². The van der Waals surface area contributed by atoms with Gasteiger partial charge in [-0.15, -0.1) is 11.3 Å². The largest absolute Gasteiger partial charge is 0.310 e. The molecule has 0 aliphatic rings. The maximum atomic E-state index is 2.58. The number of hydrogen-bond donors (Lipinski definition) is 0. The van der Waals surface area contributed by atoms with Gasteiger partial charge in [0.15, 0.2) is 0 Å². The van der Waals surface area contributed by atoms with Crippen molar-refractivity contribution in [3.8, 4) is 5.69 Å². The molecule has 12 rings (SSSR count). The number of anilines is 6. The van der Waals surface area contributed by atoms with Gasteiger partial charge in [0.25, 0.3) is 0 Å². The van der Waals surface area contributed by atoms with E-state index in [-0.39, 0.29) is 21.7 Å². The zero-order valence-electron chi connectivity index (χ0n) is 46.3. The second kappa shape index (κ2) is 18.0. The average molecular weight is 1010 g/mol. The Hall–Kier alpha value is -7.66. The minimum absolute atomic E-state index is 0.0160. The highest BCUT2D eigenvalue weighted by atomic mass is 32.1. The number of thiophene rings is 1. The van der Waals surface area contributed by atoms with Crippen LogP contribution >= 0.6 is 11.3 Å². The second-order valence-electron chi connectivity index (χ2n) is 25.1. The van der Waals surface area contributed by atoms with Crippen LogP contribution < -0.4 is 9.80 Å². The minimum Gasteiger partial charge on any atom is -0.310 e. The summed E-state index contributed by atoms with van der Waals surface area (Å²) in [7, 11) is 0. The van der Waals surface area contributed by atoms with Crippen LogP contribution in [-0.2, 0) is 21.7 Å². The summed E-state index contributed by atoms with van der Waals surface area (Å²) < 4.78 is 5.17. The maximum Gasteiger partial charge on any atom is 0.0568 e. The van der Waals surface area contributed by atoms with Gasteiger partial charge in [0.1, 0.15) is 0 Å². The molecule has 0 aliphatic carbocycles. The lowest BCUT2D eigenvalue weighted by Crippen LogP contribution is -2.14. The topological polar surface area (TPSA) is 11.4 Å². The maximum absolute atomic E-state index is 2.58. The van der Waals surface area contributed by atoms with Crippen molar-refractivity contribution in [2.45, 2.75) is 105 Å². The van der Waals surface area contributed by atoms with Crippen molar-refractivity contribution in [2.75, 3.05) is 9.80 Å². The molecular formula is C72H69N3S. The molecule has 0 saturated heterocycles. The van der Waals surface area contributed by atoms with Gasteiger partial charge in [-0.05, 0) is 140 Å². The van der Waals surface area contributed by atoms with Crippen molar-refractivity contribution in [1.29, 1.82) is 0 Å². The lowest BCUT2D eigenvalue weighted by atomic mass is 9.86. The monoisotopic (exact) mass is 1010 g/mol. The molecule has 2 aromatic heterocycles. The molecule has 0 radical (unpaired) electrons. The number of nitrogens with zero attached hydrogens (tertiary/aromatic N) is 3. The summed E-state index contributed by atoms with van der Waals surface area (Å²) in [6.07, 6.45) is 0. The molecule has 0 unspecified atom stereocenters. The molecule has 378 valence electrons. The van der Waals surface area contributed by atoms with E-state index < -0.39 is 0 Å². The van der Waals surface area contributed by atoms with Crippen LogP contribution in [-0.4, -0.2) is 4.57 Å². The van der Waals surface area contributed by atoms with Gasteiger partial charge < -0.3 is 14.4 Å². The van der Waals surface area contributed by atoms with Crippen molar-refractivity contribution in [3.63, 3.8) is 0 Å². The molecule has 12 aromatic rings. The SMILES string of the molecule is CC(C)(C)c1ccc(N(c2ccc(C(C)(C)C)cc2)c2cc3c(c4ccccc24)c2c4ccccc4c(N(c4ccc(C(C)(C)C)cc4)c4ccc(C(C)(C)C)cc4)cc2n3-c2ccc3sc4ccccc4c3c2)cc1. The quantitative estimate of drug-likeness (QED) is 0.158. The van der Waals surface area contributed by atoms with Gasteiger partial charge in [-0.1, -0.05) is 198 Å². The Morgan fingerprint density at radius 3 is 0.974 bits per heavy atom. The molecule has 76 heavy (non-hydrogen) atoms. The highest BCUT2D eigenvalue weighted by Crippen LogP contribution is 2.51. The second-order valence-corrected chi connectivity index (χ2v) is 26.2. The third-order valence-corrected chi connectivity index (χ3v) is 17.0. The van der Waals surface area contributed by atoms with Crippen molar-refractivity contribution >= 4 is 109 Å². The van der Waals surface area contributed by atoms with Crippen molar-refractivity contribution in [3.05, 3.63) is 222 Å². The van der Waals surface area contributed by atoms with Gasteiger partial charge >= 0.3 is 0 Å². The van der Waals surface area contributed by atoms with Crippen molar-refractivity contribution in [2.24, 2.45) is 0 Å². The third-order valence-electron chi connectivity index (χ3n) is 15.8. The Morgan fingerprint density at radius 1 is 0.303 bits per heavy atom. The van der Waals surface area contributed by atoms with Crippen molar-refractivity contribution in [1.82, 2.24) is 4.57 Å². The summed E-state index contributed by atoms with van der Waals surface area (Å²) in [6, 6.07) is 76.3. The van der Waals surface area contributed by atoms with Gasteiger partial charge in [-0.3, -0.25) is 0 Å². The van der Waals surface area contributed by atoms with Gasteiger partial charge in [0.05, 0.1) is 22.4 Å². The lowest BCUT2D eigenvalue weighted by molar-refractivity contribution is 0.590. The zero-order chi connectivity index (χ0) is 53.1. The summed E-state index contributed by atoms with van der Waals surface area (Å²) in [5.74, 6) is 0. The van der Waals surface area contributed by atoms with E-state index in [0.29, 0.717) is 0 Å². The highest BCUT2D eigenvalue weighted by molar-refractivity contribution is 7.25. The molecule has 2 heterocycles. The first kappa shape index (κ1) is 49.2. The van der Waals surface area contributed by atoms with E-state index in [1.165, 1.54) is 74.7 Å².